The van der Waals surface area contributed by atoms with E-state index < -0.39 is 10.0 Å². The van der Waals surface area contributed by atoms with E-state index in [2.05, 4.69) is 22.9 Å². The molecule has 2 rings (SSSR count). The van der Waals surface area contributed by atoms with E-state index in [1.165, 1.54) is 0 Å². The molecular formula is C14H20BrNO2S. The molecule has 1 aliphatic carbocycles. The van der Waals surface area contributed by atoms with Crippen molar-refractivity contribution in [1.29, 1.82) is 0 Å². The van der Waals surface area contributed by atoms with Gasteiger partial charge in [-0.1, -0.05) is 19.1 Å². The minimum atomic E-state index is -3.40. The molecule has 0 N–H and O–H groups in total. The van der Waals surface area contributed by atoms with Crippen molar-refractivity contribution >= 4 is 26.0 Å². The average Bonchev–Trinajstić information content (AvgIpc) is 2.39. The second-order valence-electron chi connectivity index (χ2n) is 5.37. The quantitative estimate of drug-likeness (QED) is 0.838. The van der Waals surface area contributed by atoms with Crippen LogP contribution in [0.4, 0.5) is 0 Å². The van der Waals surface area contributed by atoms with Crippen LogP contribution in [-0.2, 0) is 10.0 Å². The number of sulfonamides is 1. The Balaban J connectivity index is 2.23. The average molecular weight is 346 g/mol. The van der Waals surface area contributed by atoms with Gasteiger partial charge in [-0.3, -0.25) is 0 Å². The number of hydrogen-bond acceptors (Lipinski definition) is 2. The normalized spacial score (nSPS) is 24.6. The van der Waals surface area contributed by atoms with Gasteiger partial charge in [-0.2, -0.15) is 4.31 Å². The molecule has 106 valence electrons. The Labute approximate surface area is 124 Å². The van der Waals surface area contributed by atoms with E-state index in [9.17, 15) is 8.42 Å². The van der Waals surface area contributed by atoms with E-state index >= 15 is 0 Å². The highest BCUT2D eigenvalue weighted by atomic mass is 79.9. The van der Waals surface area contributed by atoms with Crippen LogP contribution in [0, 0.1) is 5.92 Å². The van der Waals surface area contributed by atoms with Crippen LogP contribution in [0.1, 0.15) is 32.6 Å². The summed E-state index contributed by atoms with van der Waals surface area (Å²) >= 11 is 3.33. The van der Waals surface area contributed by atoms with Gasteiger partial charge >= 0.3 is 0 Å². The van der Waals surface area contributed by atoms with Gasteiger partial charge in [-0.05, 0) is 59.7 Å². The maximum atomic E-state index is 12.6. The fourth-order valence-electron chi connectivity index (χ4n) is 2.61. The summed E-state index contributed by atoms with van der Waals surface area (Å²) in [5, 5.41) is 0. The lowest BCUT2D eigenvalue weighted by atomic mass is 9.87. The smallest absolute Gasteiger partial charge is 0.207 e. The molecule has 1 aromatic rings. The number of rotatable bonds is 3. The molecule has 5 heteroatoms. The predicted molar refractivity (Wildman–Crippen MR) is 80.5 cm³/mol. The van der Waals surface area contributed by atoms with E-state index in [-0.39, 0.29) is 6.04 Å². The number of nitrogens with zero attached hydrogens (tertiary/aromatic N) is 1. The van der Waals surface area contributed by atoms with Gasteiger partial charge in [0.1, 0.15) is 0 Å². The highest BCUT2D eigenvalue weighted by molar-refractivity contribution is 9.10. The minimum Gasteiger partial charge on any atom is -0.207 e. The van der Waals surface area contributed by atoms with Gasteiger partial charge in [0.15, 0.2) is 0 Å². The van der Waals surface area contributed by atoms with Crippen molar-refractivity contribution in [3.63, 3.8) is 0 Å². The second-order valence-corrected chi connectivity index (χ2v) is 8.19. The van der Waals surface area contributed by atoms with Crippen molar-refractivity contribution in [3.05, 3.63) is 28.7 Å². The minimum absolute atomic E-state index is 0.133. The summed E-state index contributed by atoms with van der Waals surface area (Å²) in [6.45, 7) is 2.23. The molecule has 19 heavy (non-hydrogen) atoms. The van der Waals surface area contributed by atoms with E-state index in [0.29, 0.717) is 9.37 Å². The zero-order valence-electron chi connectivity index (χ0n) is 11.3. The molecule has 0 aromatic heterocycles. The van der Waals surface area contributed by atoms with Crippen molar-refractivity contribution < 1.29 is 8.42 Å². The van der Waals surface area contributed by atoms with Crippen molar-refractivity contribution in [2.75, 3.05) is 7.05 Å². The third-order valence-electron chi connectivity index (χ3n) is 3.99. The highest BCUT2D eigenvalue weighted by Crippen LogP contribution is 2.31. The number of halogens is 1. The summed E-state index contributed by atoms with van der Waals surface area (Å²) in [5.41, 5.74) is 0. The first kappa shape index (κ1) is 15.0. The first-order valence-electron chi connectivity index (χ1n) is 6.65. The number of hydrogen-bond donors (Lipinski definition) is 0. The third-order valence-corrected chi connectivity index (χ3v) is 6.92. The Morgan fingerprint density at radius 1 is 1.16 bits per heavy atom. The van der Waals surface area contributed by atoms with Gasteiger partial charge in [0, 0.05) is 17.6 Å². The maximum Gasteiger partial charge on any atom is 0.244 e. The van der Waals surface area contributed by atoms with Crippen LogP contribution in [0.5, 0.6) is 0 Å². The molecule has 0 amide bonds. The molecule has 0 aliphatic heterocycles. The van der Waals surface area contributed by atoms with Gasteiger partial charge in [-0.15, -0.1) is 0 Å². The molecular weight excluding hydrogens is 326 g/mol. The van der Waals surface area contributed by atoms with Crippen LogP contribution in [0.3, 0.4) is 0 Å². The van der Waals surface area contributed by atoms with Gasteiger partial charge in [0.05, 0.1) is 4.90 Å². The van der Waals surface area contributed by atoms with E-state index in [4.69, 9.17) is 0 Å². The fraction of sp³-hybridized carbons (Fsp3) is 0.571. The molecule has 1 fully saturated rings. The molecule has 1 aromatic carbocycles. The van der Waals surface area contributed by atoms with E-state index in [0.717, 1.165) is 31.6 Å². The lowest BCUT2D eigenvalue weighted by Crippen LogP contribution is -2.39. The van der Waals surface area contributed by atoms with Crippen LogP contribution in [0.15, 0.2) is 33.6 Å². The molecule has 3 nitrogen and oxygen atoms in total. The highest BCUT2D eigenvalue weighted by Gasteiger charge is 2.31. The van der Waals surface area contributed by atoms with Crippen molar-refractivity contribution in [3.8, 4) is 0 Å². The monoisotopic (exact) mass is 345 g/mol. The molecule has 0 saturated heterocycles. The molecule has 0 spiro atoms. The third kappa shape index (κ3) is 3.20. The van der Waals surface area contributed by atoms with E-state index in [1.54, 1.807) is 29.6 Å². The van der Waals surface area contributed by atoms with Crippen LogP contribution >= 0.6 is 15.9 Å². The van der Waals surface area contributed by atoms with Crippen LogP contribution in [0.2, 0.25) is 0 Å². The topological polar surface area (TPSA) is 37.4 Å². The van der Waals surface area contributed by atoms with Crippen LogP contribution in [0.25, 0.3) is 0 Å². The zero-order chi connectivity index (χ0) is 14.0. The number of benzene rings is 1. The fourth-order valence-corrected chi connectivity index (χ4v) is 4.99. The summed E-state index contributed by atoms with van der Waals surface area (Å²) < 4.78 is 27.4. The molecule has 0 radical (unpaired) electrons. The van der Waals surface area contributed by atoms with Gasteiger partial charge in [-0.25, -0.2) is 8.42 Å². The maximum absolute atomic E-state index is 12.6. The second kappa shape index (κ2) is 5.94. The first-order valence-corrected chi connectivity index (χ1v) is 8.89. The van der Waals surface area contributed by atoms with Gasteiger partial charge in [0.25, 0.3) is 0 Å². The first-order chi connectivity index (χ1) is 8.93. The summed E-state index contributed by atoms with van der Waals surface area (Å²) in [6, 6.07) is 7.14. The Morgan fingerprint density at radius 2 is 1.74 bits per heavy atom. The van der Waals surface area contributed by atoms with E-state index in [1.807, 2.05) is 6.07 Å². The SMILES string of the molecule is CC1CCC(N(C)S(=O)(=O)c2ccccc2Br)CC1. The lowest BCUT2D eigenvalue weighted by Gasteiger charge is -2.33. The van der Waals surface area contributed by atoms with Crippen LogP contribution < -0.4 is 0 Å². The molecule has 0 bridgehead atoms. The Hall–Kier alpha value is -0.390. The predicted octanol–water partition coefficient (Wildman–Crippen LogP) is 3.65. The van der Waals surface area contributed by atoms with Crippen molar-refractivity contribution in [2.24, 2.45) is 5.92 Å². The Morgan fingerprint density at radius 3 is 2.32 bits per heavy atom. The molecule has 0 unspecified atom stereocenters. The molecule has 0 heterocycles. The summed E-state index contributed by atoms with van der Waals surface area (Å²) in [5.74, 6) is 0.718. The van der Waals surface area contributed by atoms with Gasteiger partial charge < -0.3 is 0 Å². The summed E-state index contributed by atoms with van der Waals surface area (Å²) in [7, 11) is -1.70. The van der Waals surface area contributed by atoms with Gasteiger partial charge in [0.2, 0.25) is 10.0 Å². The van der Waals surface area contributed by atoms with Crippen LogP contribution in [-0.4, -0.2) is 25.8 Å². The Bertz CT molecular complexity index is 536. The Kier molecular flexibility index (Phi) is 4.69. The molecule has 1 saturated carbocycles. The molecule has 0 atom stereocenters. The van der Waals surface area contributed by atoms with Crippen molar-refractivity contribution in [2.45, 2.75) is 43.5 Å². The summed E-state index contributed by atoms with van der Waals surface area (Å²) in [6.07, 6.45) is 4.14. The zero-order valence-corrected chi connectivity index (χ0v) is 13.7. The molecule has 1 aliphatic rings. The summed E-state index contributed by atoms with van der Waals surface area (Å²) in [4.78, 5) is 0.358. The largest absolute Gasteiger partial charge is 0.244 e. The standard InChI is InChI=1S/C14H20BrNO2S/c1-11-7-9-12(10-8-11)16(2)19(17,18)14-6-4-3-5-13(14)15/h3-6,11-12H,7-10H2,1-2H3. The van der Waals surface area contributed by atoms with Crippen molar-refractivity contribution in [1.82, 2.24) is 4.31 Å². The lowest BCUT2D eigenvalue weighted by molar-refractivity contribution is 0.246.